The van der Waals surface area contributed by atoms with Crippen LogP contribution in [0.3, 0.4) is 0 Å². The Balaban J connectivity index is 1.45. The van der Waals surface area contributed by atoms with Gasteiger partial charge in [0, 0.05) is 29.9 Å². The molecule has 1 aliphatic rings. The van der Waals surface area contributed by atoms with Crippen LogP contribution in [-0.4, -0.2) is 30.9 Å². The summed E-state index contributed by atoms with van der Waals surface area (Å²) in [5.41, 5.74) is 6.10. The number of carbonyl (C=O) groups is 1. The van der Waals surface area contributed by atoms with Crippen LogP contribution >= 0.6 is 0 Å². The SMILES string of the molecule is CC(C)c1ccccc1-c1ncc2c(n1)N(Cc1ccc(-c3cnnn3C)cc1)C(=O)C2. The second kappa shape index (κ2) is 8.00. The molecule has 1 aliphatic heterocycles. The summed E-state index contributed by atoms with van der Waals surface area (Å²) >= 11 is 0. The Morgan fingerprint density at radius 3 is 2.53 bits per heavy atom. The van der Waals surface area contributed by atoms with E-state index in [-0.39, 0.29) is 5.91 Å². The molecule has 160 valence electrons. The number of nitrogens with zero attached hydrogens (tertiary/aromatic N) is 6. The van der Waals surface area contributed by atoms with Crippen molar-refractivity contribution in [1.29, 1.82) is 0 Å². The third-order valence-corrected chi connectivity index (χ3v) is 5.87. The van der Waals surface area contributed by atoms with E-state index in [9.17, 15) is 4.79 Å². The molecule has 0 spiro atoms. The monoisotopic (exact) mass is 424 g/mol. The van der Waals surface area contributed by atoms with E-state index in [4.69, 9.17) is 4.98 Å². The number of aromatic nitrogens is 5. The normalized spacial score (nSPS) is 13.1. The van der Waals surface area contributed by atoms with Gasteiger partial charge < -0.3 is 0 Å². The lowest BCUT2D eigenvalue weighted by Gasteiger charge is -2.18. The van der Waals surface area contributed by atoms with Gasteiger partial charge in [-0.2, -0.15) is 0 Å². The first-order chi connectivity index (χ1) is 15.5. The van der Waals surface area contributed by atoms with Gasteiger partial charge in [-0.25, -0.2) is 14.6 Å². The average Bonchev–Trinajstić information content (AvgIpc) is 3.36. The summed E-state index contributed by atoms with van der Waals surface area (Å²) in [6.45, 7) is 4.79. The molecule has 0 radical (unpaired) electrons. The molecule has 0 atom stereocenters. The lowest BCUT2D eigenvalue weighted by Crippen LogP contribution is -2.26. The van der Waals surface area contributed by atoms with Crippen molar-refractivity contribution < 1.29 is 4.79 Å². The molecule has 0 fully saturated rings. The summed E-state index contributed by atoms with van der Waals surface area (Å²) in [5.74, 6) is 1.77. The van der Waals surface area contributed by atoms with Crippen molar-refractivity contribution in [2.45, 2.75) is 32.7 Å². The number of hydrogen-bond acceptors (Lipinski definition) is 5. The number of rotatable bonds is 5. The Morgan fingerprint density at radius 1 is 1.03 bits per heavy atom. The molecule has 0 saturated heterocycles. The molecule has 7 nitrogen and oxygen atoms in total. The summed E-state index contributed by atoms with van der Waals surface area (Å²) in [5, 5.41) is 7.92. The predicted octanol–water partition coefficient (Wildman–Crippen LogP) is 4.15. The molecule has 0 N–H and O–H groups in total. The van der Waals surface area contributed by atoms with E-state index in [1.807, 2.05) is 49.5 Å². The maximum atomic E-state index is 12.8. The third kappa shape index (κ3) is 3.56. The molecule has 0 saturated carbocycles. The zero-order chi connectivity index (χ0) is 22.2. The van der Waals surface area contributed by atoms with Crippen molar-refractivity contribution in [2.24, 2.45) is 7.05 Å². The molecular weight excluding hydrogens is 400 g/mol. The molecule has 7 heteroatoms. The van der Waals surface area contributed by atoms with Gasteiger partial charge in [-0.3, -0.25) is 9.69 Å². The largest absolute Gasteiger partial charge is 0.292 e. The topological polar surface area (TPSA) is 76.8 Å². The summed E-state index contributed by atoms with van der Waals surface area (Å²) in [7, 11) is 1.87. The zero-order valence-electron chi connectivity index (χ0n) is 18.4. The van der Waals surface area contributed by atoms with E-state index in [1.54, 1.807) is 22.0 Å². The second-order valence-electron chi connectivity index (χ2n) is 8.38. The van der Waals surface area contributed by atoms with Gasteiger partial charge in [-0.1, -0.05) is 67.6 Å². The fourth-order valence-corrected chi connectivity index (χ4v) is 4.14. The number of fused-ring (bicyclic) bond motifs is 1. The maximum absolute atomic E-state index is 12.8. The molecule has 4 aromatic rings. The van der Waals surface area contributed by atoms with Crippen LogP contribution in [0.1, 0.15) is 36.5 Å². The summed E-state index contributed by atoms with van der Waals surface area (Å²) < 4.78 is 1.74. The minimum atomic E-state index is 0.0449. The van der Waals surface area contributed by atoms with Gasteiger partial charge in [0.25, 0.3) is 0 Å². The van der Waals surface area contributed by atoms with Crippen molar-refractivity contribution in [3.8, 4) is 22.6 Å². The van der Waals surface area contributed by atoms with Gasteiger partial charge >= 0.3 is 0 Å². The Bertz CT molecular complexity index is 1290. The zero-order valence-corrected chi connectivity index (χ0v) is 18.4. The van der Waals surface area contributed by atoms with Crippen LogP contribution in [0, 0.1) is 0 Å². The first kappa shape index (κ1) is 20.1. The van der Waals surface area contributed by atoms with E-state index >= 15 is 0 Å². The lowest BCUT2D eigenvalue weighted by atomic mass is 9.97. The Morgan fingerprint density at radius 2 is 1.81 bits per heavy atom. The first-order valence-electron chi connectivity index (χ1n) is 10.7. The average molecular weight is 425 g/mol. The van der Waals surface area contributed by atoms with Crippen molar-refractivity contribution in [3.05, 3.63) is 77.6 Å². The van der Waals surface area contributed by atoms with Crippen molar-refractivity contribution in [1.82, 2.24) is 25.0 Å². The molecule has 32 heavy (non-hydrogen) atoms. The molecule has 0 bridgehead atoms. The molecule has 2 aromatic heterocycles. The lowest BCUT2D eigenvalue weighted by molar-refractivity contribution is -0.117. The number of carbonyl (C=O) groups excluding carboxylic acids is 1. The fraction of sp³-hybridized carbons (Fsp3) is 0.240. The molecule has 1 amide bonds. The van der Waals surface area contributed by atoms with E-state index in [1.165, 1.54) is 5.56 Å². The van der Waals surface area contributed by atoms with Crippen LogP contribution in [-0.2, 0) is 24.8 Å². The molecule has 0 unspecified atom stereocenters. The predicted molar refractivity (Wildman–Crippen MR) is 123 cm³/mol. The van der Waals surface area contributed by atoms with Gasteiger partial charge in [0.1, 0.15) is 5.82 Å². The summed E-state index contributed by atoms with van der Waals surface area (Å²) in [6.07, 6.45) is 3.87. The fourth-order valence-electron chi connectivity index (χ4n) is 4.14. The number of amides is 1. The van der Waals surface area contributed by atoms with Crippen LogP contribution in [0.15, 0.2) is 60.9 Å². The highest BCUT2D eigenvalue weighted by Crippen LogP contribution is 2.32. The highest BCUT2D eigenvalue weighted by Gasteiger charge is 2.30. The number of aryl methyl sites for hydroxylation is 1. The Hall–Kier alpha value is -3.87. The van der Waals surface area contributed by atoms with Crippen LogP contribution in [0.2, 0.25) is 0 Å². The van der Waals surface area contributed by atoms with E-state index in [2.05, 4.69) is 35.2 Å². The quantitative estimate of drug-likeness (QED) is 0.481. The van der Waals surface area contributed by atoms with Crippen LogP contribution in [0.25, 0.3) is 22.6 Å². The van der Waals surface area contributed by atoms with Gasteiger partial charge in [0.05, 0.1) is 24.9 Å². The van der Waals surface area contributed by atoms with Gasteiger partial charge in [-0.15, -0.1) is 5.10 Å². The Labute approximate surface area is 186 Å². The summed E-state index contributed by atoms with van der Waals surface area (Å²) in [6, 6.07) is 16.3. The number of anilines is 1. The Kier molecular flexibility index (Phi) is 5.01. The number of benzene rings is 2. The smallest absolute Gasteiger partial charge is 0.233 e. The van der Waals surface area contributed by atoms with Crippen LogP contribution < -0.4 is 4.90 Å². The van der Waals surface area contributed by atoms with E-state index in [0.717, 1.165) is 27.9 Å². The molecular formula is C25H24N6O. The van der Waals surface area contributed by atoms with E-state index in [0.29, 0.717) is 30.5 Å². The van der Waals surface area contributed by atoms with Crippen LogP contribution in [0.5, 0.6) is 0 Å². The van der Waals surface area contributed by atoms with Crippen LogP contribution in [0.4, 0.5) is 5.82 Å². The van der Waals surface area contributed by atoms with Gasteiger partial charge in [0.15, 0.2) is 5.82 Å². The molecule has 3 heterocycles. The van der Waals surface area contributed by atoms with Crippen molar-refractivity contribution in [3.63, 3.8) is 0 Å². The summed E-state index contributed by atoms with van der Waals surface area (Å²) in [4.78, 5) is 24.0. The highest BCUT2D eigenvalue weighted by molar-refractivity contribution is 6.00. The molecule has 0 aliphatic carbocycles. The standard InChI is InChI=1S/C25H24N6O/c1-16(2)20-6-4-5-7-21(20)24-26-13-19-12-23(32)31(25(19)28-24)15-17-8-10-18(11-9-17)22-14-27-29-30(22)3/h4-11,13-14,16H,12,15H2,1-3H3. The van der Waals surface area contributed by atoms with Gasteiger partial charge in [-0.05, 0) is 17.0 Å². The third-order valence-electron chi connectivity index (χ3n) is 5.87. The second-order valence-corrected chi connectivity index (χ2v) is 8.38. The minimum Gasteiger partial charge on any atom is -0.292 e. The van der Waals surface area contributed by atoms with Crippen molar-refractivity contribution in [2.75, 3.05) is 4.90 Å². The number of hydrogen-bond donors (Lipinski definition) is 0. The highest BCUT2D eigenvalue weighted by atomic mass is 16.2. The molecule has 2 aromatic carbocycles. The first-order valence-corrected chi connectivity index (χ1v) is 10.7. The maximum Gasteiger partial charge on any atom is 0.233 e. The molecule has 5 rings (SSSR count). The minimum absolute atomic E-state index is 0.0449. The van der Waals surface area contributed by atoms with Gasteiger partial charge in [0.2, 0.25) is 5.91 Å². The van der Waals surface area contributed by atoms with E-state index < -0.39 is 0 Å². The van der Waals surface area contributed by atoms with Crippen molar-refractivity contribution >= 4 is 11.7 Å².